The molecule has 92 valence electrons. The molecule has 2 heterocycles. The van der Waals surface area contributed by atoms with Gasteiger partial charge in [0, 0.05) is 24.5 Å². The third-order valence-electron chi connectivity index (χ3n) is 3.33. The molecule has 1 aromatic heterocycles. The maximum Gasteiger partial charge on any atom is 0.152 e. The van der Waals surface area contributed by atoms with Crippen LogP contribution < -0.4 is 10.6 Å². The minimum absolute atomic E-state index is 0.407. The van der Waals surface area contributed by atoms with E-state index in [4.69, 9.17) is 5.73 Å². The molecule has 0 radical (unpaired) electrons. The van der Waals surface area contributed by atoms with Crippen molar-refractivity contribution in [1.82, 2.24) is 9.97 Å². The van der Waals surface area contributed by atoms with Crippen LogP contribution in [0, 0.1) is 0 Å². The Morgan fingerprint density at radius 2 is 2.17 bits per heavy atom. The fraction of sp³-hybridized carbons (Fsp3) is 0.286. The van der Waals surface area contributed by atoms with Crippen molar-refractivity contribution in [2.45, 2.75) is 25.9 Å². The van der Waals surface area contributed by atoms with E-state index in [0.29, 0.717) is 12.6 Å². The van der Waals surface area contributed by atoms with Crippen molar-refractivity contribution in [1.29, 1.82) is 0 Å². The van der Waals surface area contributed by atoms with Crippen LogP contribution in [0.3, 0.4) is 0 Å². The zero-order valence-electron chi connectivity index (χ0n) is 10.4. The second kappa shape index (κ2) is 4.38. The SMILES string of the molecule is CC1Cc2ccccc2N1c1cncc(CN)n1. The van der Waals surface area contributed by atoms with Gasteiger partial charge in [-0.2, -0.15) is 0 Å². The first-order valence-corrected chi connectivity index (χ1v) is 6.17. The average molecular weight is 240 g/mol. The fourth-order valence-electron chi connectivity index (χ4n) is 2.52. The molecule has 0 amide bonds. The number of aromatic nitrogens is 2. The average Bonchev–Trinajstić information content (AvgIpc) is 2.74. The van der Waals surface area contributed by atoms with E-state index in [1.54, 1.807) is 12.4 Å². The Bertz CT molecular complexity index is 567. The summed E-state index contributed by atoms with van der Waals surface area (Å²) in [6, 6.07) is 8.85. The molecule has 0 bridgehead atoms. The quantitative estimate of drug-likeness (QED) is 0.872. The van der Waals surface area contributed by atoms with E-state index < -0.39 is 0 Å². The first-order valence-electron chi connectivity index (χ1n) is 6.17. The van der Waals surface area contributed by atoms with Crippen molar-refractivity contribution in [3.8, 4) is 0 Å². The van der Waals surface area contributed by atoms with Crippen molar-refractivity contribution < 1.29 is 0 Å². The van der Waals surface area contributed by atoms with Gasteiger partial charge in [0.1, 0.15) is 0 Å². The van der Waals surface area contributed by atoms with Gasteiger partial charge in [-0.1, -0.05) is 18.2 Å². The molecule has 1 aliphatic heterocycles. The summed E-state index contributed by atoms with van der Waals surface area (Å²) in [4.78, 5) is 11.0. The molecular weight excluding hydrogens is 224 g/mol. The predicted molar refractivity (Wildman–Crippen MR) is 71.7 cm³/mol. The molecular formula is C14H16N4. The molecule has 0 saturated heterocycles. The van der Waals surface area contributed by atoms with Crippen LogP contribution in [0.25, 0.3) is 0 Å². The maximum atomic E-state index is 5.63. The number of hydrogen-bond donors (Lipinski definition) is 1. The normalized spacial score (nSPS) is 17.9. The van der Waals surface area contributed by atoms with Crippen molar-refractivity contribution in [3.63, 3.8) is 0 Å². The van der Waals surface area contributed by atoms with Crippen LogP contribution in [0.15, 0.2) is 36.7 Å². The lowest BCUT2D eigenvalue weighted by Crippen LogP contribution is -2.25. The van der Waals surface area contributed by atoms with Crippen molar-refractivity contribution in [2.75, 3.05) is 4.90 Å². The molecule has 4 nitrogen and oxygen atoms in total. The summed E-state index contributed by atoms with van der Waals surface area (Å²) in [7, 11) is 0. The van der Waals surface area contributed by atoms with Crippen LogP contribution in [0.5, 0.6) is 0 Å². The number of nitrogens with two attached hydrogens (primary N) is 1. The van der Waals surface area contributed by atoms with Crippen LogP contribution in [0.2, 0.25) is 0 Å². The lowest BCUT2D eigenvalue weighted by molar-refractivity contribution is 0.744. The molecule has 1 aliphatic rings. The highest BCUT2D eigenvalue weighted by Gasteiger charge is 2.27. The summed E-state index contributed by atoms with van der Waals surface area (Å²) >= 11 is 0. The Morgan fingerprint density at radius 1 is 1.33 bits per heavy atom. The van der Waals surface area contributed by atoms with Crippen molar-refractivity contribution in [2.24, 2.45) is 5.73 Å². The molecule has 1 atom stereocenters. The molecule has 0 fully saturated rings. The highest BCUT2D eigenvalue weighted by atomic mass is 15.2. The summed E-state index contributed by atoms with van der Waals surface area (Å²) in [5.41, 5.74) is 9.04. The molecule has 0 saturated carbocycles. The minimum atomic E-state index is 0.407. The predicted octanol–water partition coefficient (Wildman–Crippen LogP) is 2.02. The van der Waals surface area contributed by atoms with E-state index in [1.165, 1.54) is 11.3 Å². The van der Waals surface area contributed by atoms with E-state index in [9.17, 15) is 0 Å². The van der Waals surface area contributed by atoms with Crippen molar-refractivity contribution >= 4 is 11.5 Å². The number of fused-ring (bicyclic) bond motifs is 1. The summed E-state index contributed by atoms with van der Waals surface area (Å²) in [5, 5.41) is 0. The van der Waals surface area contributed by atoms with Gasteiger partial charge < -0.3 is 10.6 Å². The summed E-state index contributed by atoms with van der Waals surface area (Å²) in [5.74, 6) is 0.885. The van der Waals surface area contributed by atoms with Gasteiger partial charge >= 0.3 is 0 Å². The molecule has 4 heteroatoms. The molecule has 18 heavy (non-hydrogen) atoms. The molecule has 2 N–H and O–H groups in total. The minimum Gasteiger partial charge on any atom is -0.325 e. The summed E-state index contributed by atoms with van der Waals surface area (Å²) in [6.45, 7) is 2.63. The highest BCUT2D eigenvalue weighted by molar-refractivity contribution is 5.68. The van der Waals surface area contributed by atoms with Gasteiger partial charge in [0.2, 0.25) is 0 Å². The lowest BCUT2D eigenvalue weighted by atomic mass is 10.1. The number of hydrogen-bond acceptors (Lipinski definition) is 4. The van der Waals surface area contributed by atoms with Gasteiger partial charge in [-0.15, -0.1) is 0 Å². The molecule has 3 rings (SSSR count). The summed E-state index contributed by atoms with van der Waals surface area (Å²) in [6.07, 6.45) is 4.57. The number of nitrogens with zero attached hydrogens (tertiary/aromatic N) is 3. The molecule has 1 unspecified atom stereocenters. The Balaban J connectivity index is 2.06. The van der Waals surface area contributed by atoms with Gasteiger partial charge in [-0.25, -0.2) is 4.98 Å². The third-order valence-corrected chi connectivity index (χ3v) is 3.33. The van der Waals surface area contributed by atoms with Crippen LogP contribution in [-0.4, -0.2) is 16.0 Å². The first-order chi connectivity index (χ1) is 8.79. The number of para-hydroxylation sites is 1. The Kier molecular flexibility index (Phi) is 2.72. The van der Waals surface area contributed by atoms with E-state index in [2.05, 4.69) is 46.1 Å². The van der Waals surface area contributed by atoms with Crippen LogP contribution >= 0.6 is 0 Å². The second-order valence-corrected chi connectivity index (χ2v) is 4.62. The lowest BCUT2D eigenvalue weighted by Gasteiger charge is -2.23. The number of benzene rings is 1. The largest absolute Gasteiger partial charge is 0.325 e. The zero-order chi connectivity index (χ0) is 12.5. The molecule has 2 aromatic rings. The van der Waals surface area contributed by atoms with Gasteiger partial charge in [0.15, 0.2) is 5.82 Å². The van der Waals surface area contributed by atoms with E-state index in [1.807, 2.05) is 0 Å². The van der Waals surface area contributed by atoms with E-state index >= 15 is 0 Å². The van der Waals surface area contributed by atoms with E-state index in [-0.39, 0.29) is 0 Å². The van der Waals surface area contributed by atoms with Gasteiger partial charge in [0.05, 0.1) is 11.9 Å². The van der Waals surface area contributed by atoms with Gasteiger partial charge in [-0.3, -0.25) is 4.98 Å². The van der Waals surface area contributed by atoms with Gasteiger partial charge in [-0.05, 0) is 25.0 Å². The van der Waals surface area contributed by atoms with Crippen LogP contribution in [0.1, 0.15) is 18.2 Å². The Hall–Kier alpha value is -1.94. The zero-order valence-corrected chi connectivity index (χ0v) is 10.4. The van der Waals surface area contributed by atoms with Crippen LogP contribution in [0.4, 0.5) is 11.5 Å². The first kappa shape index (κ1) is 11.2. The second-order valence-electron chi connectivity index (χ2n) is 4.62. The standard InChI is InChI=1S/C14H16N4/c1-10-6-11-4-2-3-5-13(11)18(10)14-9-16-8-12(7-15)17-14/h2-5,8-10H,6-7,15H2,1H3. The van der Waals surface area contributed by atoms with Crippen LogP contribution in [-0.2, 0) is 13.0 Å². The van der Waals surface area contributed by atoms with Crippen molar-refractivity contribution in [3.05, 3.63) is 47.9 Å². The number of rotatable bonds is 2. The highest BCUT2D eigenvalue weighted by Crippen LogP contribution is 2.36. The smallest absolute Gasteiger partial charge is 0.152 e. The molecule has 1 aromatic carbocycles. The maximum absolute atomic E-state index is 5.63. The topological polar surface area (TPSA) is 55.0 Å². The Morgan fingerprint density at radius 3 is 3.00 bits per heavy atom. The molecule has 0 aliphatic carbocycles. The fourth-order valence-corrected chi connectivity index (χ4v) is 2.52. The molecule has 0 spiro atoms. The monoisotopic (exact) mass is 240 g/mol. The van der Waals surface area contributed by atoms with Gasteiger partial charge in [0.25, 0.3) is 0 Å². The summed E-state index contributed by atoms with van der Waals surface area (Å²) < 4.78 is 0. The van der Waals surface area contributed by atoms with E-state index in [0.717, 1.165) is 17.9 Å². The Labute approximate surface area is 106 Å². The number of anilines is 2. The third kappa shape index (κ3) is 1.75.